The van der Waals surface area contributed by atoms with E-state index in [9.17, 15) is 9.18 Å². The van der Waals surface area contributed by atoms with Gasteiger partial charge in [-0.1, -0.05) is 0 Å². The van der Waals surface area contributed by atoms with E-state index in [-0.39, 0.29) is 11.7 Å². The molecular formula is C18H29FN4O2+2. The van der Waals surface area contributed by atoms with E-state index in [0.717, 1.165) is 32.7 Å². The molecule has 0 aromatic heterocycles. The van der Waals surface area contributed by atoms with Gasteiger partial charge in [-0.15, -0.1) is 0 Å². The first-order valence-corrected chi connectivity index (χ1v) is 9.25. The van der Waals surface area contributed by atoms with Gasteiger partial charge in [0, 0.05) is 18.8 Å². The summed E-state index contributed by atoms with van der Waals surface area (Å²) in [5.74, 6) is -0.347. The van der Waals surface area contributed by atoms with Gasteiger partial charge in [0.25, 0.3) is 5.91 Å². The minimum Gasteiger partial charge on any atom is -0.378 e. The number of benzene rings is 1. The number of nitrogens with zero attached hydrogens (tertiary/aromatic N) is 1. The van der Waals surface area contributed by atoms with E-state index in [0.29, 0.717) is 44.2 Å². The molecule has 3 N–H and O–H groups in total. The maximum Gasteiger partial charge on any atom is 0.279 e. The van der Waals surface area contributed by atoms with Gasteiger partial charge in [0.1, 0.15) is 32.0 Å². The van der Waals surface area contributed by atoms with Crippen LogP contribution in [0.25, 0.3) is 0 Å². The lowest BCUT2D eigenvalue weighted by Crippen LogP contribution is -3.28. The third-order valence-electron chi connectivity index (χ3n) is 5.16. The third kappa shape index (κ3) is 4.90. The van der Waals surface area contributed by atoms with Crippen molar-refractivity contribution in [1.29, 1.82) is 0 Å². The summed E-state index contributed by atoms with van der Waals surface area (Å²) in [7, 11) is 0. The van der Waals surface area contributed by atoms with Crippen LogP contribution in [0.3, 0.4) is 0 Å². The number of hydrogen-bond donors (Lipinski definition) is 3. The Kier molecular flexibility index (Phi) is 6.23. The first kappa shape index (κ1) is 18.1. The molecule has 6 nitrogen and oxygen atoms in total. The van der Waals surface area contributed by atoms with E-state index in [4.69, 9.17) is 4.74 Å². The second kappa shape index (κ2) is 8.60. The zero-order valence-corrected chi connectivity index (χ0v) is 14.9. The summed E-state index contributed by atoms with van der Waals surface area (Å²) >= 11 is 0. The van der Waals surface area contributed by atoms with Crippen molar-refractivity contribution < 1.29 is 23.7 Å². The van der Waals surface area contributed by atoms with Crippen molar-refractivity contribution in [2.24, 2.45) is 0 Å². The fourth-order valence-electron chi connectivity index (χ4n) is 3.57. The zero-order valence-electron chi connectivity index (χ0n) is 14.9. The van der Waals surface area contributed by atoms with Crippen molar-refractivity contribution in [1.82, 2.24) is 0 Å². The molecule has 1 aromatic rings. The molecule has 0 unspecified atom stereocenters. The number of amides is 1. The number of likely N-dealkylation sites (N-methyl/N-ethyl adjacent to an activating group) is 1. The maximum absolute atomic E-state index is 14.4. The predicted molar refractivity (Wildman–Crippen MR) is 94.9 cm³/mol. The minimum absolute atomic E-state index is 0.0477. The second-order valence-electron chi connectivity index (χ2n) is 6.84. The molecule has 0 spiro atoms. The largest absolute Gasteiger partial charge is 0.378 e. The number of anilines is 2. The Morgan fingerprint density at radius 2 is 1.88 bits per heavy atom. The molecule has 0 atom stereocenters. The number of ether oxygens (including phenoxy) is 1. The van der Waals surface area contributed by atoms with Gasteiger partial charge >= 0.3 is 0 Å². The number of hydrogen-bond acceptors (Lipinski definition) is 3. The molecule has 138 valence electrons. The van der Waals surface area contributed by atoms with E-state index >= 15 is 0 Å². The first-order valence-electron chi connectivity index (χ1n) is 9.25. The maximum atomic E-state index is 14.4. The Balaban J connectivity index is 1.52. The van der Waals surface area contributed by atoms with Crippen molar-refractivity contribution in [2.75, 3.05) is 75.8 Å². The van der Waals surface area contributed by atoms with Gasteiger partial charge in [0.15, 0.2) is 6.54 Å². The number of nitrogens with one attached hydrogen (secondary N) is 3. The molecule has 0 saturated carbocycles. The average Bonchev–Trinajstić information content (AvgIpc) is 2.63. The summed E-state index contributed by atoms with van der Waals surface area (Å²) in [5.41, 5.74) is 1.10. The summed E-state index contributed by atoms with van der Waals surface area (Å²) in [5, 5.41) is 2.84. The van der Waals surface area contributed by atoms with E-state index < -0.39 is 0 Å². The summed E-state index contributed by atoms with van der Waals surface area (Å²) in [4.78, 5) is 17.1. The Morgan fingerprint density at radius 3 is 2.52 bits per heavy atom. The number of rotatable bonds is 5. The van der Waals surface area contributed by atoms with Crippen molar-refractivity contribution >= 4 is 17.3 Å². The van der Waals surface area contributed by atoms with E-state index in [1.807, 2.05) is 4.90 Å². The van der Waals surface area contributed by atoms with E-state index in [1.54, 1.807) is 17.0 Å². The molecule has 0 bridgehead atoms. The van der Waals surface area contributed by atoms with Gasteiger partial charge in [0.2, 0.25) is 0 Å². The minimum atomic E-state index is -0.299. The van der Waals surface area contributed by atoms with Crippen molar-refractivity contribution in [3.63, 3.8) is 0 Å². The predicted octanol–water partition coefficient (Wildman–Crippen LogP) is -1.60. The van der Waals surface area contributed by atoms with Crippen LogP contribution in [0.5, 0.6) is 0 Å². The monoisotopic (exact) mass is 352 g/mol. The second-order valence-corrected chi connectivity index (χ2v) is 6.84. The highest BCUT2D eigenvalue weighted by Gasteiger charge is 2.24. The number of carbonyl (C=O) groups excluding carboxylic acids is 1. The van der Waals surface area contributed by atoms with Crippen LogP contribution in [0, 0.1) is 5.82 Å². The Hall–Kier alpha value is -1.70. The van der Waals surface area contributed by atoms with Crippen LogP contribution in [0.1, 0.15) is 6.92 Å². The molecule has 3 rings (SSSR count). The topological polar surface area (TPSA) is 50.5 Å². The van der Waals surface area contributed by atoms with Crippen LogP contribution in [-0.2, 0) is 9.53 Å². The van der Waals surface area contributed by atoms with E-state index in [2.05, 4.69) is 12.2 Å². The van der Waals surface area contributed by atoms with Crippen molar-refractivity contribution in [3.05, 3.63) is 24.0 Å². The number of halogens is 1. The SMILES string of the molecule is CC[NH+]1CC[NH+](CC(=O)Nc2ccc(N3CCOCC3)c(F)c2)CC1. The highest BCUT2D eigenvalue weighted by molar-refractivity contribution is 5.91. The molecule has 1 amide bonds. The molecule has 2 aliphatic rings. The molecule has 0 aliphatic carbocycles. The quantitative estimate of drug-likeness (QED) is 0.599. The summed E-state index contributed by atoms with van der Waals surface area (Å²) in [6.45, 7) is 10.7. The van der Waals surface area contributed by atoms with E-state index in [1.165, 1.54) is 11.0 Å². The highest BCUT2D eigenvalue weighted by Crippen LogP contribution is 2.23. The third-order valence-corrected chi connectivity index (χ3v) is 5.16. The number of quaternary nitrogens is 2. The van der Waals surface area contributed by atoms with Crippen LogP contribution in [0.2, 0.25) is 0 Å². The lowest BCUT2D eigenvalue weighted by atomic mass is 10.2. The summed E-state index contributed by atoms with van der Waals surface area (Å²) in [6.07, 6.45) is 0. The smallest absolute Gasteiger partial charge is 0.279 e. The molecule has 0 radical (unpaired) electrons. The van der Waals surface area contributed by atoms with Gasteiger partial charge in [-0.25, -0.2) is 4.39 Å². The Labute approximate surface area is 148 Å². The number of carbonyl (C=O) groups is 1. The van der Waals surface area contributed by atoms with Gasteiger partial charge in [-0.05, 0) is 25.1 Å². The van der Waals surface area contributed by atoms with Gasteiger partial charge in [-0.3, -0.25) is 4.79 Å². The molecule has 2 saturated heterocycles. The zero-order chi connectivity index (χ0) is 17.6. The van der Waals surface area contributed by atoms with Crippen LogP contribution in [0.15, 0.2) is 18.2 Å². The molecule has 2 heterocycles. The lowest BCUT2D eigenvalue weighted by molar-refractivity contribution is -1.01. The summed E-state index contributed by atoms with van der Waals surface area (Å²) < 4.78 is 19.7. The molecule has 1 aromatic carbocycles. The standard InChI is InChI=1S/C18H27FN4O2/c1-2-21-5-7-22(8-6-21)14-18(24)20-15-3-4-17(16(19)13-15)23-9-11-25-12-10-23/h3-4,13H,2,5-12,14H2,1H3,(H,20,24)/p+2. The molecule has 25 heavy (non-hydrogen) atoms. The fourth-order valence-corrected chi connectivity index (χ4v) is 3.57. The van der Waals surface area contributed by atoms with Crippen LogP contribution in [0.4, 0.5) is 15.8 Å². The van der Waals surface area contributed by atoms with Crippen LogP contribution in [-0.4, -0.2) is 71.5 Å². The molecule has 7 heteroatoms. The Morgan fingerprint density at radius 1 is 1.20 bits per heavy atom. The number of piperazine rings is 1. The lowest BCUT2D eigenvalue weighted by Gasteiger charge is -2.29. The first-order chi connectivity index (χ1) is 12.2. The summed E-state index contributed by atoms with van der Waals surface area (Å²) in [6, 6.07) is 4.93. The normalized spacial score (nSPS) is 24.2. The number of morpholine rings is 1. The highest BCUT2D eigenvalue weighted by atomic mass is 19.1. The van der Waals surface area contributed by atoms with Gasteiger partial charge < -0.3 is 24.8 Å². The molecular weight excluding hydrogens is 323 g/mol. The molecule has 2 fully saturated rings. The van der Waals surface area contributed by atoms with Crippen LogP contribution >= 0.6 is 0 Å². The van der Waals surface area contributed by atoms with Crippen molar-refractivity contribution in [2.45, 2.75) is 6.92 Å². The average molecular weight is 352 g/mol. The van der Waals surface area contributed by atoms with Crippen molar-refractivity contribution in [3.8, 4) is 0 Å². The van der Waals surface area contributed by atoms with Gasteiger partial charge in [0.05, 0.1) is 25.4 Å². The molecule has 2 aliphatic heterocycles. The van der Waals surface area contributed by atoms with Crippen LogP contribution < -0.4 is 20.0 Å². The van der Waals surface area contributed by atoms with Gasteiger partial charge in [-0.2, -0.15) is 0 Å². The fraction of sp³-hybridized carbons (Fsp3) is 0.611. The Bertz CT molecular complexity index is 584.